The minimum atomic E-state index is 0.839. The third-order valence-electron chi connectivity index (χ3n) is 9.06. The van der Waals surface area contributed by atoms with Crippen molar-refractivity contribution < 1.29 is 9.47 Å². The summed E-state index contributed by atoms with van der Waals surface area (Å²) in [5, 5.41) is 7.34. The molecule has 0 saturated heterocycles. The van der Waals surface area contributed by atoms with Crippen LogP contribution >= 0.6 is 0 Å². The van der Waals surface area contributed by atoms with Crippen molar-refractivity contribution >= 4 is 32.3 Å². The summed E-state index contributed by atoms with van der Waals surface area (Å²) in [4.78, 5) is 0. The van der Waals surface area contributed by atoms with Gasteiger partial charge in [-0.1, -0.05) is 133 Å². The van der Waals surface area contributed by atoms with E-state index < -0.39 is 0 Å². The van der Waals surface area contributed by atoms with Gasteiger partial charge in [-0.15, -0.1) is 0 Å². The lowest BCUT2D eigenvalue weighted by Crippen LogP contribution is -1.98. The Balaban J connectivity index is 1.71. The van der Waals surface area contributed by atoms with Crippen molar-refractivity contribution in [1.82, 2.24) is 0 Å². The molecule has 8 aromatic rings. The van der Waals surface area contributed by atoms with Crippen molar-refractivity contribution in [3.63, 3.8) is 0 Å². The minimum Gasteiger partial charge on any atom is -0.497 e. The molecule has 8 aromatic carbocycles. The van der Waals surface area contributed by atoms with E-state index in [1.165, 1.54) is 65.7 Å². The first kappa shape index (κ1) is 27.7. The molecule has 0 aliphatic heterocycles. The first-order valence-electron chi connectivity index (χ1n) is 15.6. The molecule has 8 rings (SSSR count). The van der Waals surface area contributed by atoms with Gasteiger partial charge in [0.1, 0.15) is 11.5 Å². The Morgan fingerprint density at radius 2 is 0.543 bits per heavy atom. The average Bonchev–Trinajstić information content (AvgIpc) is 3.13. The molecule has 0 fully saturated rings. The molecule has 0 heterocycles. The van der Waals surface area contributed by atoms with Crippen LogP contribution in [0.3, 0.4) is 0 Å². The number of benzene rings is 8. The van der Waals surface area contributed by atoms with Gasteiger partial charge in [-0.3, -0.25) is 0 Å². The van der Waals surface area contributed by atoms with E-state index in [9.17, 15) is 0 Å². The lowest BCUT2D eigenvalue weighted by Gasteiger charge is -2.25. The highest BCUT2D eigenvalue weighted by Gasteiger charge is 2.25. The Bertz CT molecular complexity index is 2170. The summed E-state index contributed by atoms with van der Waals surface area (Å²) in [5.41, 5.74) is 9.57. The zero-order valence-electron chi connectivity index (χ0n) is 25.8. The van der Waals surface area contributed by atoms with Gasteiger partial charge >= 0.3 is 0 Å². The SMILES string of the molecule is COc1ccc(-c2c3ccccc3c(-c3ccc(OC)cc3)c3c(-c4ccccc4)c4ccccc4c(-c4ccccc4)c23)cc1. The van der Waals surface area contributed by atoms with E-state index in [0.29, 0.717) is 0 Å². The van der Waals surface area contributed by atoms with Gasteiger partial charge < -0.3 is 9.47 Å². The normalized spacial score (nSPS) is 11.3. The fourth-order valence-electron chi connectivity index (χ4n) is 7.05. The van der Waals surface area contributed by atoms with Crippen molar-refractivity contribution in [1.29, 1.82) is 0 Å². The summed E-state index contributed by atoms with van der Waals surface area (Å²) in [6.45, 7) is 0. The number of hydrogen-bond donors (Lipinski definition) is 0. The Hall–Kier alpha value is -5.86. The van der Waals surface area contributed by atoms with Crippen LogP contribution in [0.15, 0.2) is 158 Å². The van der Waals surface area contributed by atoms with E-state index >= 15 is 0 Å². The van der Waals surface area contributed by atoms with E-state index in [4.69, 9.17) is 9.47 Å². The van der Waals surface area contributed by atoms with Crippen LogP contribution in [-0.4, -0.2) is 14.2 Å². The standard InChI is InChI=1S/C44H32O2/c1-45-33-25-21-31(22-26-33)41-37-19-11-12-20-38(37)42(32-23-27-34(46-2)28-24-32)44-40(30-15-7-4-8-16-30)36-18-10-9-17-35(36)39(43(41)44)29-13-5-3-6-14-29/h3-28H,1-2H3. The molecule has 2 nitrogen and oxygen atoms in total. The highest BCUT2D eigenvalue weighted by molar-refractivity contribution is 6.33. The molecule has 0 spiro atoms. The van der Waals surface area contributed by atoms with Crippen LogP contribution in [0, 0.1) is 0 Å². The second-order valence-electron chi connectivity index (χ2n) is 11.5. The Kier molecular flexibility index (Phi) is 6.96. The van der Waals surface area contributed by atoms with Gasteiger partial charge in [0.25, 0.3) is 0 Å². The number of fused-ring (bicyclic) bond motifs is 3. The Morgan fingerprint density at radius 1 is 0.283 bits per heavy atom. The molecule has 0 N–H and O–H groups in total. The molecule has 0 aliphatic carbocycles. The molecule has 0 aromatic heterocycles. The van der Waals surface area contributed by atoms with Gasteiger partial charge in [-0.05, 0) is 101 Å². The van der Waals surface area contributed by atoms with Crippen molar-refractivity contribution in [2.75, 3.05) is 14.2 Å². The van der Waals surface area contributed by atoms with E-state index in [1.807, 2.05) is 0 Å². The van der Waals surface area contributed by atoms with Crippen LogP contribution in [0.1, 0.15) is 0 Å². The topological polar surface area (TPSA) is 18.5 Å². The molecule has 0 unspecified atom stereocenters. The summed E-state index contributed by atoms with van der Waals surface area (Å²) in [6.07, 6.45) is 0. The van der Waals surface area contributed by atoms with Crippen LogP contribution < -0.4 is 9.47 Å². The van der Waals surface area contributed by atoms with Crippen molar-refractivity contribution in [3.8, 4) is 56.0 Å². The lowest BCUT2D eigenvalue weighted by atomic mass is 9.77. The number of hydrogen-bond acceptors (Lipinski definition) is 2. The van der Waals surface area contributed by atoms with Gasteiger partial charge in [0.05, 0.1) is 14.2 Å². The second-order valence-corrected chi connectivity index (χ2v) is 11.5. The van der Waals surface area contributed by atoms with Gasteiger partial charge in [0.2, 0.25) is 0 Å². The lowest BCUT2D eigenvalue weighted by molar-refractivity contribution is 0.415. The minimum absolute atomic E-state index is 0.839. The average molecular weight is 593 g/mol. The molecule has 0 radical (unpaired) electrons. The van der Waals surface area contributed by atoms with Gasteiger partial charge in [0.15, 0.2) is 0 Å². The highest BCUT2D eigenvalue weighted by Crippen LogP contribution is 2.53. The molecule has 0 bridgehead atoms. The molecular formula is C44H32O2. The summed E-state index contributed by atoms with van der Waals surface area (Å²) in [5.74, 6) is 1.68. The number of rotatable bonds is 6. The van der Waals surface area contributed by atoms with Crippen molar-refractivity contribution in [2.45, 2.75) is 0 Å². The van der Waals surface area contributed by atoms with E-state index in [1.54, 1.807) is 14.2 Å². The molecule has 46 heavy (non-hydrogen) atoms. The van der Waals surface area contributed by atoms with E-state index in [-0.39, 0.29) is 0 Å². The fraction of sp³-hybridized carbons (Fsp3) is 0.0455. The Labute approximate surface area is 269 Å². The molecule has 0 amide bonds. The van der Waals surface area contributed by atoms with Crippen molar-refractivity contribution in [2.24, 2.45) is 0 Å². The van der Waals surface area contributed by atoms with Gasteiger partial charge in [0, 0.05) is 0 Å². The fourth-order valence-corrected chi connectivity index (χ4v) is 7.05. The first-order valence-corrected chi connectivity index (χ1v) is 15.6. The van der Waals surface area contributed by atoms with Crippen LogP contribution in [0.5, 0.6) is 11.5 Å². The first-order chi connectivity index (χ1) is 22.8. The summed E-state index contributed by atoms with van der Waals surface area (Å²) in [6, 6.07) is 56.5. The van der Waals surface area contributed by atoms with Crippen LogP contribution in [0.4, 0.5) is 0 Å². The predicted molar refractivity (Wildman–Crippen MR) is 194 cm³/mol. The Morgan fingerprint density at radius 3 is 0.826 bits per heavy atom. The van der Waals surface area contributed by atoms with Gasteiger partial charge in [-0.2, -0.15) is 0 Å². The maximum atomic E-state index is 5.59. The second kappa shape index (κ2) is 11.6. The number of ether oxygens (including phenoxy) is 2. The molecule has 0 saturated carbocycles. The maximum absolute atomic E-state index is 5.59. The predicted octanol–water partition coefficient (Wildman–Crippen LogP) is 11.8. The monoisotopic (exact) mass is 592 g/mol. The summed E-state index contributed by atoms with van der Waals surface area (Å²) in [7, 11) is 3.43. The van der Waals surface area contributed by atoms with Crippen LogP contribution in [0.2, 0.25) is 0 Å². The summed E-state index contributed by atoms with van der Waals surface area (Å²) >= 11 is 0. The molecule has 220 valence electrons. The molecule has 2 heteroatoms. The van der Waals surface area contributed by atoms with E-state index in [0.717, 1.165) is 22.6 Å². The highest BCUT2D eigenvalue weighted by atomic mass is 16.5. The zero-order valence-corrected chi connectivity index (χ0v) is 25.8. The third-order valence-corrected chi connectivity index (χ3v) is 9.06. The van der Waals surface area contributed by atoms with Crippen molar-refractivity contribution in [3.05, 3.63) is 158 Å². The largest absolute Gasteiger partial charge is 0.497 e. The van der Waals surface area contributed by atoms with Crippen LogP contribution in [-0.2, 0) is 0 Å². The number of methoxy groups -OCH3 is 2. The molecule has 0 aliphatic rings. The van der Waals surface area contributed by atoms with Crippen LogP contribution in [0.25, 0.3) is 76.8 Å². The summed E-state index contributed by atoms with van der Waals surface area (Å²) < 4.78 is 11.2. The van der Waals surface area contributed by atoms with Gasteiger partial charge in [-0.25, -0.2) is 0 Å². The molecular weight excluding hydrogens is 560 g/mol. The molecule has 0 atom stereocenters. The quantitative estimate of drug-likeness (QED) is 0.179. The van der Waals surface area contributed by atoms with E-state index in [2.05, 4.69) is 158 Å². The maximum Gasteiger partial charge on any atom is 0.118 e. The zero-order chi connectivity index (χ0) is 31.0. The third kappa shape index (κ3) is 4.50. The smallest absolute Gasteiger partial charge is 0.118 e.